The molecule has 1 saturated heterocycles. The van der Waals surface area contributed by atoms with E-state index >= 15 is 0 Å². The summed E-state index contributed by atoms with van der Waals surface area (Å²) in [5, 5.41) is 18.6. The normalized spacial score (nSPS) is 25.5. The fraction of sp³-hybridized carbons (Fsp3) is 0.455. The van der Waals surface area contributed by atoms with Crippen LogP contribution in [0.1, 0.15) is 16.4 Å². The lowest BCUT2D eigenvalue weighted by Gasteiger charge is -2.46. The average Bonchev–Trinajstić information content (AvgIpc) is 2.81. The van der Waals surface area contributed by atoms with Gasteiger partial charge < -0.3 is 5.11 Å². The molecule has 0 saturated carbocycles. The highest BCUT2D eigenvalue weighted by atomic mass is 32.2. The van der Waals surface area contributed by atoms with Crippen molar-refractivity contribution < 1.29 is 14.7 Å². The minimum atomic E-state index is -1.10. The number of carbonyl (C=O) groups excluding carboxylic acids is 1. The van der Waals surface area contributed by atoms with Crippen LogP contribution in [0, 0.1) is 6.92 Å². The number of thioether (sulfide) groups is 1. The number of hydrogen-bond donors (Lipinski definition) is 2. The van der Waals surface area contributed by atoms with Gasteiger partial charge in [-0.05, 0) is 6.92 Å². The first-order valence-corrected chi connectivity index (χ1v) is 8.28. The van der Waals surface area contributed by atoms with Gasteiger partial charge in [0, 0.05) is 16.6 Å². The zero-order chi connectivity index (χ0) is 14.4. The Morgan fingerprint density at radius 2 is 2.30 bits per heavy atom. The molecule has 1 fully saturated rings. The lowest BCUT2D eigenvalue weighted by molar-refractivity contribution is -0.145. The maximum atomic E-state index is 11.7. The van der Waals surface area contributed by atoms with E-state index in [4.69, 9.17) is 0 Å². The smallest absolute Gasteiger partial charge is 0.353 e. The summed E-state index contributed by atoms with van der Waals surface area (Å²) in [6, 6.07) is 0. The summed E-state index contributed by atoms with van der Waals surface area (Å²) in [4.78, 5) is 24.7. The van der Waals surface area contributed by atoms with E-state index in [0.29, 0.717) is 22.8 Å². The number of carboxylic acid groups (broad SMARTS) is 1. The quantitative estimate of drug-likeness (QED) is 0.641. The molecule has 0 aromatic carbocycles. The highest BCUT2D eigenvalue weighted by Crippen LogP contribution is 2.47. The molecule has 2 aliphatic rings. The molecule has 0 spiro atoms. The monoisotopic (exact) mass is 329 g/mol. The first kappa shape index (κ1) is 13.9. The van der Waals surface area contributed by atoms with Gasteiger partial charge in [0.05, 0.1) is 11.8 Å². The molecule has 1 aromatic heterocycles. The van der Waals surface area contributed by atoms with Gasteiger partial charge in [-0.25, -0.2) is 4.79 Å². The Labute approximate surface area is 128 Å². The van der Waals surface area contributed by atoms with Gasteiger partial charge in [0.15, 0.2) is 0 Å². The second-order valence-corrected chi connectivity index (χ2v) is 7.36. The molecular formula is C11H11N3O3S3. The number of hydrogen-bond acceptors (Lipinski definition) is 7. The molecule has 1 N–H and O–H groups in total. The zero-order valence-corrected chi connectivity index (χ0v) is 13.0. The van der Waals surface area contributed by atoms with Crippen LogP contribution in [0.25, 0.3) is 5.57 Å². The molecule has 3 heterocycles. The maximum Gasteiger partial charge on any atom is 0.353 e. The van der Waals surface area contributed by atoms with Crippen LogP contribution in [0.5, 0.6) is 0 Å². The number of β-lactam (4-membered cyclic amide) rings is 1. The van der Waals surface area contributed by atoms with E-state index in [2.05, 4.69) is 22.8 Å². The molecule has 1 amide bonds. The molecule has 0 aliphatic carbocycles. The molecule has 20 heavy (non-hydrogen) atoms. The van der Waals surface area contributed by atoms with Crippen molar-refractivity contribution in [2.24, 2.45) is 0 Å². The minimum Gasteiger partial charge on any atom is -0.477 e. The number of aromatic nitrogens is 2. The largest absolute Gasteiger partial charge is 0.477 e. The van der Waals surface area contributed by atoms with Crippen molar-refractivity contribution in [3.05, 3.63) is 15.7 Å². The third-order valence-corrected chi connectivity index (χ3v) is 6.08. The van der Waals surface area contributed by atoms with Gasteiger partial charge in [0.25, 0.3) is 0 Å². The standard InChI is InChI=1S/C11H11N3O3S3/c1-4-12-13-10(19-4)8-5(3-18)20-7-2-6(15)14(7)9(8)11(16)17/h5,7,18H,2-3H2,1H3,(H,16,17)/t5?,7-/m0/s1. The van der Waals surface area contributed by atoms with E-state index < -0.39 is 5.97 Å². The Morgan fingerprint density at radius 3 is 2.80 bits per heavy atom. The van der Waals surface area contributed by atoms with E-state index in [1.807, 2.05) is 6.92 Å². The van der Waals surface area contributed by atoms with Crippen molar-refractivity contribution in [1.29, 1.82) is 0 Å². The number of fused-ring (bicyclic) bond motifs is 1. The van der Waals surface area contributed by atoms with Crippen LogP contribution in [-0.2, 0) is 9.59 Å². The van der Waals surface area contributed by atoms with Crippen LogP contribution >= 0.6 is 35.7 Å². The Kier molecular flexibility index (Phi) is 3.51. The van der Waals surface area contributed by atoms with E-state index in [1.165, 1.54) is 16.2 Å². The number of amides is 1. The fourth-order valence-corrected chi connectivity index (χ4v) is 5.02. The third-order valence-electron chi connectivity index (χ3n) is 3.17. The Hall–Kier alpha value is -1.06. The van der Waals surface area contributed by atoms with Crippen LogP contribution < -0.4 is 0 Å². The SMILES string of the molecule is Cc1nnc(C2=C(C(=O)O)N3C(=O)C[C@@H]3SC2CS)s1. The fourth-order valence-electron chi connectivity index (χ4n) is 2.30. The van der Waals surface area contributed by atoms with E-state index in [-0.39, 0.29) is 22.2 Å². The van der Waals surface area contributed by atoms with Crippen molar-refractivity contribution in [1.82, 2.24) is 15.1 Å². The Bertz CT molecular complexity index is 627. The summed E-state index contributed by atoms with van der Waals surface area (Å²) >= 11 is 7.21. The van der Waals surface area contributed by atoms with Crippen LogP contribution in [0.3, 0.4) is 0 Å². The van der Waals surface area contributed by atoms with Crippen LogP contribution in [0.15, 0.2) is 5.70 Å². The first-order chi connectivity index (χ1) is 9.52. The Balaban J connectivity index is 2.17. The van der Waals surface area contributed by atoms with Crippen molar-refractivity contribution in [3.8, 4) is 0 Å². The number of aryl methyl sites for hydroxylation is 1. The maximum absolute atomic E-state index is 11.7. The van der Waals surface area contributed by atoms with Crippen LogP contribution in [0.2, 0.25) is 0 Å². The molecule has 9 heteroatoms. The number of rotatable bonds is 3. The molecule has 106 valence electrons. The van der Waals surface area contributed by atoms with E-state index in [9.17, 15) is 14.7 Å². The molecule has 2 atom stereocenters. The number of thiol groups is 1. The summed E-state index contributed by atoms with van der Waals surface area (Å²) in [5.41, 5.74) is 0.604. The van der Waals surface area contributed by atoms with Gasteiger partial charge in [-0.2, -0.15) is 12.6 Å². The van der Waals surface area contributed by atoms with Crippen molar-refractivity contribution in [2.45, 2.75) is 24.0 Å². The molecule has 6 nitrogen and oxygen atoms in total. The van der Waals surface area contributed by atoms with Gasteiger partial charge in [-0.15, -0.1) is 22.0 Å². The lowest BCUT2D eigenvalue weighted by atomic mass is 10.0. The predicted molar refractivity (Wildman–Crippen MR) is 79.7 cm³/mol. The molecule has 0 radical (unpaired) electrons. The molecule has 0 bridgehead atoms. The minimum absolute atomic E-state index is 0.0419. The van der Waals surface area contributed by atoms with Gasteiger partial charge in [0.1, 0.15) is 15.7 Å². The third kappa shape index (κ3) is 2.04. The van der Waals surface area contributed by atoms with E-state index in [0.717, 1.165) is 5.01 Å². The second-order valence-electron chi connectivity index (χ2n) is 4.42. The summed E-state index contributed by atoms with van der Waals surface area (Å²) in [6.45, 7) is 1.81. The van der Waals surface area contributed by atoms with Crippen LogP contribution in [-0.4, -0.2) is 48.5 Å². The molecule has 2 aliphatic heterocycles. The first-order valence-electron chi connectivity index (χ1n) is 5.89. The van der Waals surface area contributed by atoms with Crippen molar-refractivity contribution >= 4 is 53.2 Å². The van der Waals surface area contributed by atoms with Crippen LogP contribution in [0.4, 0.5) is 0 Å². The number of carbonyl (C=O) groups is 2. The zero-order valence-electron chi connectivity index (χ0n) is 10.4. The number of carboxylic acids is 1. The molecule has 1 aromatic rings. The average molecular weight is 329 g/mol. The predicted octanol–water partition coefficient (Wildman–Crippen LogP) is 1.25. The summed E-state index contributed by atoms with van der Waals surface area (Å²) in [7, 11) is 0. The highest BCUT2D eigenvalue weighted by Gasteiger charge is 2.49. The topological polar surface area (TPSA) is 83.4 Å². The molecule has 1 unspecified atom stereocenters. The molecular weight excluding hydrogens is 318 g/mol. The summed E-state index contributed by atoms with van der Waals surface area (Å²) in [5.74, 6) is -0.761. The van der Waals surface area contributed by atoms with Crippen molar-refractivity contribution in [2.75, 3.05) is 5.75 Å². The molecule has 3 rings (SSSR count). The van der Waals surface area contributed by atoms with E-state index in [1.54, 1.807) is 11.8 Å². The van der Waals surface area contributed by atoms with Gasteiger partial charge in [-0.3, -0.25) is 9.69 Å². The number of aliphatic carboxylic acids is 1. The van der Waals surface area contributed by atoms with Gasteiger partial charge >= 0.3 is 5.97 Å². The lowest BCUT2D eigenvalue weighted by Crippen LogP contribution is -2.55. The highest BCUT2D eigenvalue weighted by molar-refractivity contribution is 8.01. The second kappa shape index (κ2) is 5.05. The van der Waals surface area contributed by atoms with Gasteiger partial charge in [0.2, 0.25) is 5.91 Å². The Morgan fingerprint density at radius 1 is 1.55 bits per heavy atom. The number of nitrogens with zero attached hydrogens (tertiary/aromatic N) is 3. The van der Waals surface area contributed by atoms with Crippen molar-refractivity contribution in [3.63, 3.8) is 0 Å². The van der Waals surface area contributed by atoms with Gasteiger partial charge in [-0.1, -0.05) is 11.3 Å². The summed E-state index contributed by atoms with van der Waals surface area (Å²) in [6.07, 6.45) is 0.383. The summed E-state index contributed by atoms with van der Waals surface area (Å²) < 4.78 is 0.